The van der Waals surface area contributed by atoms with E-state index in [-0.39, 0.29) is 22.8 Å². The molecule has 22 nitrogen and oxygen atoms in total. The second kappa shape index (κ2) is 10.9. The van der Waals surface area contributed by atoms with Crippen molar-refractivity contribution in [2.24, 2.45) is 0 Å². The summed E-state index contributed by atoms with van der Waals surface area (Å²) < 4.78 is 61.3. The molecule has 45 heavy (non-hydrogen) atoms. The molecule has 3 aliphatic rings. The minimum atomic E-state index is -5.07. The van der Waals surface area contributed by atoms with Gasteiger partial charge in [0.2, 0.25) is 5.95 Å². The molecule has 10 atom stereocenters. The van der Waals surface area contributed by atoms with Crippen LogP contribution in [0.3, 0.4) is 0 Å². The molecule has 4 unspecified atom stereocenters. The number of nitrogen functional groups attached to an aromatic ring is 2. The fourth-order valence-electron chi connectivity index (χ4n) is 5.32. The predicted molar refractivity (Wildman–Crippen MR) is 146 cm³/mol. The number of aromatic nitrogens is 7. The molecule has 0 aliphatic carbocycles. The zero-order valence-electron chi connectivity index (χ0n) is 22.5. The lowest BCUT2D eigenvalue weighted by molar-refractivity contribution is -0.168. The lowest BCUT2D eigenvalue weighted by Gasteiger charge is -2.28. The van der Waals surface area contributed by atoms with Crippen LogP contribution in [0.1, 0.15) is 12.5 Å². The van der Waals surface area contributed by atoms with Crippen molar-refractivity contribution in [3.8, 4) is 0 Å². The van der Waals surface area contributed by atoms with Gasteiger partial charge in [-0.05, 0) is 6.07 Å². The fraction of sp³-hybridized carbons (Fsp3) is 0.476. The fourth-order valence-corrected chi connectivity index (χ4v) is 7.28. The molecule has 9 N–H and O–H groups in total. The molecule has 3 aliphatic heterocycles. The Bertz CT molecular complexity index is 1930. The first kappa shape index (κ1) is 30.3. The molecule has 0 amide bonds. The summed E-state index contributed by atoms with van der Waals surface area (Å²) in [5, 5.41) is 22.2. The number of rotatable bonds is 2. The maximum absolute atomic E-state index is 13.2. The Labute approximate surface area is 249 Å². The Morgan fingerprint density at radius 2 is 1.62 bits per heavy atom. The molecule has 0 bridgehead atoms. The molecule has 7 heterocycles. The first-order valence-corrected chi connectivity index (χ1v) is 16.3. The van der Waals surface area contributed by atoms with Crippen LogP contribution in [0, 0.1) is 0 Å². The van der Waals surface area contributed by atoms with E-state index < -0.39 is 83.2 Å². The van der Waals surface area contributed by atoms with Crippen LogP contribution < -0.4 is 17.0 Å². The van der Waals surface area contributed by atoms with E-state index in [4.69, 9.17) is 39.2 Å². The zero-order valence-corrected chi connectivity index (χ0v) is 24.3. The lowest BCUT2D eigenvalue weighted by atomic mass is 10.1. The van der Waals surface area contributed by atoms with Crippen molar-refractivity contribution < 1.29 is 56.9 Å². The van der Waals surface area contributed by atoms with Crippen LogP contribution in [-0.2, 0) is 36.9 Å². The molecule has 0 radical (unpaired) electrons. The first-order chi connectivity index (χ1) is 21.3. The average Bonchev–Trinajstić information content (AvgIpc) is 3.72. The predicted octanol–water partition coefficient (Wildman–Crippen LogP) is -1.74. The molecule has 0 aromatic carbocycles. The minimum absolute atomic E-state index is 0.116. The number of phosphoric acid groups is 1. The van der Waals surface area contributed by atoms with Crippen LogP contribution in [0.25, 0.3) is 22.3 Å². The van der Waals surface area contributed by atoms with Crippen LogP contribution in [0.2, 0.25) is 0 Å². The van der Waals surface area contributed by atoms with Gasteiger partial charge in [0.15, 0.2) is 48.0 Å². The van der Waals surface area contributed by atoms with E-state index in [0.29, 0.717) is 11.2 Å². The number of imidazole rings is 2. The Kier molecular flexibility index (Phi) is 7.32. The van der Waals surface area contributed by atoms with Crippen molar-refractivity contribution in [2.45, 2.75) is 49.3 Å². The maximum Gasteiger partial charge on any atom is 0.472 e. The van der Waals surface area contributed by atoms with Crippen LogP contribution in [0.4, 0.5) is 11.6 Å². The zero-order chi connectivity index (χ0) is 31.8. The number of ether oxygens (including phenoxy) is 3. The molecule has 24 heteroatoms. The van der Waals surface area contributed by atoms with Gasteiger partial charge in [0.1, 0.15) is 29.9 Å². The van der Waals surface area contributed by atoms with Crippen molar-refractivity contribution in [1.29, 1.82) is 0 Å². The number of nitrogens with one attached hydrogen (secondary N) is 1. The van der Waals surface area contributed by atoms with Crippen molar-refractivity contribution in [3.05, 3.63) is 35.3 Å². The molecule has 7 rings (SSSR count). The molecular weight excluding hydrogens is 648 g/mol. The van der Waals surface area contributed by atoms with Crippen LogP contribution in [0.15, 0.2) is 29.7 Å². The number of anilines is 2. The quantitative estimate of drug-likeness (QED) is 0.116. The summed E-state index contributed by atoms with van der Waals surface area (Å²) in [6.07, 6.45) is -10.2. The number of hydrogen-bond donors (Lipinski definition) is 7. The van der Waals surface area contributed by atoms with Gasteiger partial charge in [0, 0.05) is 6.20 Å². The van der Waals surface area contributed by atoms with E-state index in [0.717, 1.165) is 10.9 Å². The highest BCUT2D eigenvalue weighted by atomic mass is 31.2. The summed E-state index contributed by atoms with van der Waals surface area (Å²) in [7, 11) is -9.83. The largest absolute Gasteiger partial charge is 0.472 e. The third-order valence-corrected chi connectivity index (χ3v) is 9.35. The van der Waals surface area contributed by atoms with Crippen molar-refractivity contribution >= 4 is 49.4 Å². The summed E-state index contributed by atoms with van der Waals surface area (Å²) in [5.41, 5.74) is 11.4. The second-order valence-electron chi connectivity index (χ2n) is 10.3. The molecule has 4 aromatic rings. The molecular formula is C21H25N9O13P2. The SMILES string of the molecule is Nc1nc2c(ncn2[C@@H]2O[C@@H]3OCP(=O)(O)OC4[C@@H](COP(=O)(O)OC3[C@@H]2O)O[C@@H](n2cnc3c(N)ccnc32)[C@H]4O)c(=O)[nH]1. The Morgan fingerprint density at radius 1 is 0.933 bits per heavy atom. The maximum atomic E-state index is 13.2. The third-order valence-electron chi connectivity index (χ3n) is 7.32. The van der Waals surface area contributed by atoms with Crippen LogP contribution in [0.5, 0.6) is 0 Å². The third kappa shape index (κ3) is 5.33. The van der Waals surface area contributed by atoms with Gasteiger partial charge in [-0.15, -0.1) is 0 Å². The smallest absolute Gasteiger partial charge is 0.397 e. The average molecular weight is 673 g/mol. The van der Waals surface area contributed by atoms with Crippen molar-refractivity contribution in [3.63, 3.8) is 0 Å². The van der Waals surface area contributed by atoms with Gasteiger partial charge >= 0.3 is 15.4 Å². The number of aromatic amines is 1. The highest BCUT2D eigenvalue weighted by Crippen LogP contribution is 2.53. The standard InChI is InChI=1S/C21H25N9O13P2/c22-7-1-2-24-15-9(7)25-4-29(15)18-11(31)13-8(40-18)3-39-45(36,37)43-14-12(32)19(41-20(14)38-6-44(34,35)42-13)30-5-26-10-16(30)27-21(23)28-17(10)33/h1-2,4-5,8,11-14,18-20,31-32H,3,6H2,(H2,22,24)(H,34,35)(H,36,37)(H3,23,27,28,33)/t8-,11+,12+,13?,14?,18-,19-,20+/m1/s1. The summed E-state index contributed by atoms with van der Waals surface area (Å²) in [5.74, 6) is -0.272. The van der Waals surface area contributed by atoms with E-state index in [1.807, 2.05) is 0 Å². The highest BCUT2D eigenvalue weighted by Gasteiger charge is 2.54. The van der Waals surface area contributed by atoms with Gasteiger partial charge in [-0.25, -0.2) is 19.5 Å². The number of fused-ring (bicyclic) bond motifs is 4. The highest BCUT2D eigenvalue weighted by molar-refractivity contribution is 7.52. The number of phosphoric ester groups is 1. The summed E-state index contributed by atoms with van der Waals surface area (Å²) in [4.78, 5) is 52.0. The minimum Gasteiger partial charge on any atom is -0.397 e. The Hall–Kier alpha value is -3.37. The number of H-pyrrole nitrogens is 1. The van der Waals surface area contributed by atoms with E-state index in [1.165, 1.54) is 23.2 Å². The normalized spacial score (nSPS) is 37.7. The number of aliphatic hydroxyl groups is 2. The monoisotopic (exact) mass is 673 g/mol. The summed E-state index contributed by atoms with van der Waals surface area (Å²) in [6.45, 7) is -0.787. The Balaban J connectivity index is 1.17. The second-order valence-corrected chi connectivity index (χ2v) is 13.4. The number of pyridine rings is 1. The molecule has 0 spiro atoms. The van der Waals surface area contributed by atoms with Gasteiger partial charge in [0.05, 0.1) is 24.9 Å². The topological polar surface area (TPSA) is 317 Å². The van der Waals surface area contributed by atoms with Crippen LogP contribution in [-0.4, -0.2) is 104 Å². The van der Waals surface area contributed by atoms with Gasteiger partial charge in [0.25, 0.3) is 5.56 Å². The van der Waals surface area contributed by atoms with E-state index in [2.05, 4.69) is 24.9 Å². The Morgan fingerprint density at radius 3 is 2.40 bits per heavy atom. The molecule has 3 saturated heterocycles. The van der Waals surface area contributed by atoms with Gasteiger partial charge in [-0.2, -0.15) is 4.98 Å². The van der Waals surface area contributed by atoms with Gasteiger partial charge < -0.3 is 45.7 Å². The van der Waals surface area contributed by atoms with Gasteiger partial charge in [-0.1, -0.05) is 0 Å². The number of nitrogens with two attached hydrogens (primary N) is 2. The summed E-state index contributed by atoms with van der Waals surface area (Å²) in [6, 6.07) is 1.51. The van der Waals surface area contributed by atoms with E-state index in [9.17, 15) is 33.9 Å². The van der Waals surface area contributed by atoms with Crippen molar-refractivity contribution in [2.75, 3.05) is 24.4 Å². The first-order valence-electron chi connectivity index (χ1n) is 13.1. The van der Waals surface area contributed by atoms with Gasteiger partial charge in [-0.3, -0.25) is 37.0 Å². The summed E-state index contributed by atoms with van der Waals surface area (Å²) >= 11 is 0. The molecule has 3 fully saturated rings. The van der Waals surface area contributed by atoms with E-state index >= 15 is 0 Å². The van der Waals surface area contributed by atoms with E-state index in [1.54, 1.807) is 0 Å². The number of aliphatic hydroxyl groups excluding tert-OH is 2. The molecule has 242 valence electrons. The molecule has 4 aromatic heterocycles. The molecule has 0 saturated carbocycles. The number of nitrogens with zero attached hydrogens (tertiary/aromatic N) is 6. The number of hydrogen-bond acceptors (Lipinski definition) is 17. The van der Waals surface area contributed by atoms with Crippen LogP contribution >= 0.6 is 15.4 Å². The lowest BCUT2D eigenvalue weighted by Crippen LogP contribution is -2.38. The van der Waals surface area contributed by atoms with Crippen molar-refractivity contribution in [1.82, 2.24) is 34.1 Å².